The molecule has 0 spiro atoms. The van der Waals surface area contributed by atoms with E-state index in [2.05, 4.69) is 98.4 Å². The first-order valence-electron chi connectivity index (χ1n) is 14.2. The van der Waals surface area contributed by atoms with Crippen LogP contribution in [0.4, 0.5) is 0 Å². The number of fused-ring (bicyclic) bond motifs is 2. The highest BCUT2D eigenvalue weighted by Gasteiger charge is 2.40. The van der Waals surface area contributed by atoms with Crippen molar-refractivity contribution in [1.29, 1.82) is 0 Å². The van der Waals surface area contributed by atoms with Gasteiger partial charge in [-0.25, -0.2) is 0 Å². The molecule has 7 heteroatoms. The third-order valence-electron chi connectivity index (χ3n) is 8.79. The second-order valence-corrected chi connectivity index (χ2v) is 17.4. The van der Waals surface area contributed by atoms with E-state index in [0.717, 1.165) is 65.2 Å². The van der Waals surface area contributed by atoms with E-state index in [0.29, 0.717) is 12.1 Å². The first kappa shape index (κ1) is 26.0. The standard InChI is InChI=1S/C32H39N5OSi/c1-32(2,3)39(4,5)38-29-13-11-28(12-14-29)37-22-27(19-34-37)24-9-10-26-21-36(35-31(26)18-24)20-23-8-15-30-25(17-23)7-6-16-33-30/h6-10,15-19,21-22,28-29H,11-14,20H2,1-5H3. The van der Waals surface area contributed by atoms with Crippen molar-refractivity contribution in [3.63, 3.8) is 0 Å². The minimum absolute atomic E-state index is 0.256. The quantitative estimate of drug-likeness (QED) is 0.206. The van der Waals surface area contributed by atoms with Crippen molar-refractivity contribution in [3.05, 3.63) is 78.9 Å². The van der Waals surface area contributed by atoms with E-state index in [1.54, 1.807) is 0 Å². The SMILES string of the molecule is CC(C)(C)[Si](C)(C)OC1CCC(n2cc(-c3ccc4cn(Cc5ccc6ncccc6c5)nc4c3)cn2)CC1. The Balaban J connectivity index is 1.12. The van der Waals surface area contributed by atoms with Crippen LogP contribution in [0.1, 0.15) is 58.1 Å². The number of benzene rings is 2. The normalized spacial score (nSPS) is 18.7. The van der Waals surface area contributed by atoms with Gasteiger partial charge in [0, 0.05) is 41.0 Å². The number of aromatic nitrogens is 5. The van der Waals surface area contributed by atoms with E-state index in [9.17, 15) is 0 Å². The average Bonchev–Trinajstić information content (AvgIpc) is 3.55. The minimum Gasteiger partial charge on any atom is -0.414 e. The fourth-order valence-corrected chi connectivity index (χ4v) is 6.87. The second-order valence-electron chi connectivity index (χ2n) is 12.6. The van der Waals surface area contributed by atoms with Crippen LogP contribution >= 0.6 is 0 Å². The molecule has 202 valence electrons. The molecule has 1 fully saturated rings. The van der Waals surface area contributed by atoms with Crippen molar-refractivity contribution in [2.45, 2.75) is 83.3 Å². The topological polar surface area (TPSA) is 57.8 Å². The van der Waals surface area contributed by atoms with Crippen LogP contribution in [-0.4, -0.2) is 39.0 Å². The second kappa shape index (κ2) is 10.0. The third-order valence-corrected chi connectivity index (χ3v) is 13.3. The molecule has 0 N–H and O–H groups in total. The van der Waals surface area contributed by atoms with Gasteiger partial charge in [-0.15, -0.1) is 0 Å². The van der Waals surface area contributed by atoms with Crippen LogP contribution < -0.4 is 0 Å². The number of pyridine rings is 1. The van der Waals surface area contributed by atoms with Gasteiger partial charge in [-0.3, -0.25) is 14.3 Å². The Bertz CT molecular complexity index is 1600. The molecular formula is C32H39N5OSi. The lowest BCUT2D eigenvalue weighted by molar-refractivity contribution is 0.115. The van der Waals surface area contributed by atoms with E-state index in [1.807, 2.05) is 23.1 Å². The van der Waals surface area contributed by atoms with Crippen LogP contribution in [0.25, 0.3) is 32.9 Å². The van der Waals surface area contributed by atoms with Crippen LogP contribution in [-0.2, 0) is 11.0 Å². The Morgan fingerprint density at radius 2 is 1.72 bits per heavy atom. The van der Waals surface area contributed by atoms with Crippen LogP contribution in [0, 0.1) is 0 Å². The maximum Gasteiger partial charge on any atom is 0.192 e. The summed E-state index contributed by atoms with van der Waals surface area (Å²) < 4.78 is 10.9. The lowest BCUT2D eigenvalue weighted by atomic mass is 9.93. The molecule has 1 aliphatic carbocycles. The number of rotatable bonds is 6. The van der Waals surface area contributed by atoms with E-state index < -0.39 is 8.32 Å². The van der Waals surface area contributed by atoms with Crippen molar-refractivity contribution >= 4 is 30.1 Å². The lowest BCUT2D eigenvalue weighted by Crippen LogP contribution is -2.44. The van der Waals surface area contributed by atoms with Crippen LogP contribution in [0.15, 0.2) is 73.3 Å². The smallest absolute Gasteiger partial charge is 0.192 e. The highest BCUT2D eigenvalue weighted by Crippen LogP contribution is 2.40. The Hall–Kier alpha value is -3.29. The first-order chi connectivity index (χ1) is 18.6. The molecule has 0 aliphatic heterocycles. The molecule has 0 bridgehead atoms. The molecule has 0 radical (unpaired) electrons. The van der Waals surface area contributed by atoms with Gasteiger partial charge in [-0.1, -0.05) is 45.0 Å². The Morgan fingerprint density at radius 1 is 0.897 bits per heavy atom. The predicted octanol–water partition coefficient (Wildman–Crippen LogP) is 8.00. The molecule has 0 saturated heterocycles. The van der Waals surface area contributed by atoms with Gasteiger partial charge in [0.2, 0.25) is 0 Å². The average molecular weight is 538 g/mol. The number of hydrogen-bond acceptors (Lipinski definition) is 4. The van der Waals surface area contributed by atoms with E-state index in [-0.39, 0.29) is 5.04 Å². The van der Waals surface area contributed by atoms with Gasteiger partial charge in [0.15, 0.2) is 8.32 Å². The maximum absolute atomic E-state index is 6.70. The zero-order chi connectivity index (χ0) is 27.2. The summed E-state index contributed by atoms with van der Waals surface area (Å²) in [4.78, 5) is 4.42. The summed E-state index contributed by atoms with van der Waals surface area (Å²) in [7, 11) is -1.72. The highest BCUT2D eigenvalue weighted by molar-refractivity contribution is 6.74. The zero-order valence-corrected chi connectivity index (χ0v) is 24.8. The van der Waals surface area contributed by atoms with Crippen molar-refractivity contribution < 1.29 is 4.43 Å². The van der Waals surface area contributed by atoms with Crippen LogP contribution in [0.3, 0.4) is 0 Å². The maximum atomic E-state index is 6.70. The highest BCUT2D eigenvalue weighted by atomic mass is 28.4. The number of hydrogen-bond donors (Lipinski definition) is 0. The van der Waals surface area contributed by atoms with Gasteiger partial charge in [0.25, 0.3) is 0 Å². The summed E-state index contributed by atoms with van der Waals surface area (Å²) in [5, 5.41) is 12.2. The molecule has 1 saturated carbocycles. The minimum atomic E-state index is -1.72. The molecule has 0 atom stereocenters. The summed E-state index contributed by atoms with van der Waals surface area (Å²) in [6.07, 6.45) is 13.0. The van der Waals surface area contributed by atoms with Gasteiger partial charge in [0.1, 0.15) is 0 Å². The Labute approximate surface area is 232 Å². The summed E-state index contributed by atoms with van der Waals surface area (Å²) in [6.45, 7) is 12.4. The summed E-state index contributed by atoms with van der Waals surface area (Å²) >= 11 is 0. The van der Waals surface area contributed by atoms with Crippen molar-refractivity contribution in [3.8, 4) is 11.1 Å². The summed E-state index contributed by atoms with van der Waals surface area (Å²) in [6, 6.07) is 17.5. The van der Waals surface area contributed by atoms with Gasteiger partial charge >= 0.3 is 0 Å². The molecular weight excluding hydrogens is 498 g/mol. The molecule has 3 aromatic heterocycles. The third kappa shape index (κ3) is 5.43. The van der Waals surface area contributed by atoms with Gasteiger partial charge in [-0.05, 0) is 79.2 Å². The van der Waals surface area contributed by atoms with E-state index in [4.69, 9.17) is 14.6 Å². The van der Waals surface area contributed by atoms with Gasteiger partial charge < -0.3 is 4.43 Å². The molecule has 0 unspecified atom stereocenters. The van der Waals surface area contributed by atoms with E-state index in [1.165, 1.54) is 5.56 Å². The fraction of sp³-hybridized carbons (Fsp3) is 0.406. The predicted molar refractivity (Wildman–Crippen MR) is 161 cm³/mol. The Kier molecular flexibility index (Phi) is 6.67. The zero-order valence-electron chi connectivity index (χ0n) is 23.8. The molecule has 6 nitrogen and oxygen atoms in total. The van der Waals surface area contributed by atoms with Crippen LogP contribution in [0.2, 0.25) is 18.1 Å². The monoisotopic (exact) mass is 537 g/mol. The summed E-state index contributed by atoms with van der Waals surface area (Å²) in [5.74, 6) is 0. The molecule has 0 amide bonds. The number of nitrogens with zero attached hydrogens (tertiary/aromatic N) is 5. The van der Waals surface area contributed by atoms with Gasteiger partial charge in [-0.2, -0.15) is 10.2 Å². The molecule has 3 heterocycles. The molecule has 2 aromatic carbocycles. The van der Waals surface area contributed by atoms with Crippen LogP contribution in [0.5, 0.6) is 0 Å². The largest absolute Gasteiger partial charge is 0.414 e. The molecule has 5 aromatic rings. The van der Waals surface area contributed by atoms with Crippen molar-refractivity contribution in [2.24, 2.45) is 0 Å². The molecule has 39 heavy (non-hydrogen) atoms. The summed E-state index contributed by atoms with van der Waals surface area (Å²) in [5.41, 5.74) is 5.55. The molecule has 6 rings (SSSR count). The molecule has 1 aliphatic rings. The fourth-order valence-electron chi connectivity index (χ4n) is 5.45. The van der Waals surface area contributed by atoms with Crippen molar-refractivity contribution in [2.75, 3.05) is 0 Å². The van der Waals surface area contributed by atoms with Crippen molar-refractivity contribution in [1.82, 2.24) is 24.5 Å². The first-order valence-corrected chi connectivity index (χ1v) is 17.1. The Morgan fingerprint density at radius 3 is 2.51 bits per heavy atom. The lowest BCUT2D eigenvalue weighted by Gasteiger charge is -2.41. The van der Waals surface area contributed by atoms with E-state index >= 15 is 0 Å². The van der Waals surface area contributed by atoms with Gasteiger partial charge in [0.05, 0.1) is 29.8 Å².